The highest BCUT2D eigenvalue weighted by Gasteiger charge is 2.17. The number of aromatic nitrogens is 2. The van der Waals surface area contributed by atoms with Crippen LogP contribution in [0.2, 0.25) is 0 Å². The van der Waals surface area contributed by atoms with Crippen LogP contribution in [0.1, 0.15) is 41.3 Å². The topological polar surface area (TPSA) is 52.2 Å². The summed E-state index contributed by atoms with van der Waals surface area (Å²) in [5.74, 6) is 2.72. The van der Waals surface area contributed by atoms with E-state index >= 15 is 0 Å². The molecule has 2 heterocycles. The zero-order valence-electron chi connectivity index (χ0n) is 13.1. The second-order valence-electron chi connectivity index (χ2n) is 5.17. The van der Waals surface area contributed by atoms with Crippen LogP contribution in [-0.4, -0.2) is 16.9 Å². The molecule has 0 spiro atoms. The minimum atomic E-state index is 0.219. The first-order valence-corrected chi connectivity index (χ1v) is 6.80. The molecule has 20 heavy (non-hydrogen) atoms. The highest BCUT2D eigenvalue weighted by atomic mass is 16.5. The van der Waals surface area contributed by atoms with Crippen molar-refractivity contribution in [2.24, 2.45) is 7.05 Å². The Morgan fingerprint density at radius 2 is 2.10 bits per heavy atom. The third kappa shape index (κ3) is 2.72. The molecule has 110 valence electrons. The molecule has 2 aromatic rings. The molecule has 5 nitrogen and oxygen atoms in total. The summed E-state index contributed by atoms with van der Waals surface area (Å²) in [4.78, 5) is 0. The van der Waals surface area contributed by atoms with Crippen molar-refractivity contribution in [1.82, 2.24) is 15.1 Å². The quantitative estimate of drug-likeness (QED) is 0.913. The van der Waals surface area contributed by atoms with Crippen molar-refractivity contribution < 1.29 is 9.15 Å². The Bertz CT molecular complexity index is 599. The highest BCUT2D eigenvalue weighted by Crippen LogP contribution is 2.24. The second kappa shape index (κ2) is 5.71. The van der Waals surface area contributed by atoms with E-state index in [1.165, 1.54) is 5.56 Å². The molecule has 0 aliphatic carbocycles. The maximum absolute atomic E-state index is 5.58. The molecule has 0 aliphatic rings. The molecule has 0 amide bonds. The minimum Gasteiger partial charge on any atom is -0.481 e. The SMILES string of the molecule is COc1c(CNC(C)c2cc(C)oc2C)c(C)nn1C. The molecular weight excluding hydrogens is 254 g/mol. The van der Waals surface area contributed by atoms with Crippen molar-refractivity contribution in [2.75, 3.05) is 7.11 Å². The number of nitrogens with one attached hydrogen (secondary N) is 1. The van der Waals surface area contributed by atoms with Crippen LogP contribution in [0.15, 0.2) is 10.5 Å². The van der Waals surface area contributed by atoms with Gasteiger partial charge in [-0.05, 0) is 33.8 Å². The van der Waals surface area contributed by atoms with Gasteiger partial charge in [-0.3, -0.25) is 0 Å². The van der Waals surface area contributed by atoms with Gasteiger partial charge in [0.2, 0.25) is 5.88 Å². The van der Waals surface area contributed by atoms with Gasteiger partial charge in [0.1, 0.15) is 11.5 Å². The van der Waals surface area contributed by atoms with Crippen molar-refractivity contribution >= 4 is 0 Å². The van der Waals surface area contributed by atoms with Gasteiger partial charge in [-0.2, -0.15) is 5.10 Å². The van der Waals surface area contributed by atoms with Crippen molar-refractivity contribution in [3.05, 3.63) is 34.4 Å². The summed E-state index contributed by atoms with van der Waals surface area (Å²) in [7, 11) is 3.56. The van der Waals surface area contributed by atoms with Crippen LogP contribution >= 0.6 is 0 Å². The summed E-state index contributed by atoms with van der Waals surface area (Å²) in [6.07, 6.45) is 0. The van der Waals surface area contributed by atoms with Gasteiger partial charge >= 0.3 is 0 Å². The standard InChI is InChI=1S/C15H23N3O2/c1-9-7-13(12(4)20-9)10(2)16-8-14-11(3)17-18(5)15(14)19-6/h7,10,16H,8H2,1-6H3. The minimum absolute atomic E-state index is 0.219. The summed E-state index contributed by atoms with van der Waals surface area (Å²) >= 11 is 0. The molecule has 0 radical (unpaired) electrons. The number of methoxy groups -OCH3 is 1. The Labute approximate surface area is 119 Å². The normalized spacial score (nSPS) is 12.7. The molecule has 5 heteroatoms. The van der Waals surface area contributed by atoms with Crippen molar-refractivity contribution in [1.29, 1.82) is 0 Å². The molecule has 0 saturated carbocycles. The van der Waals surface area contributed by atoms with Crippen LogP contribution in [0.3, 0.4) is 0 Å². The summed E-state index contributed by atoms with van der Waals surface area (Å²) in [5, 5.41) is 7.89. The first kappa shape index (κ1) is 14.7. The van der Waals surface area contributed by atoms with Crippen LogP contribution in [0.5, 0.6) is 5.88 Å². The van der Waals surface area contributed by atoms with E-state index in [1.54, 1.807) is 11.8 Å². The molecule has 2 rings (SSSR count). The van der Waals surface area contributed by atoms with Gasteiger partial charge in [0.25, 0.3) is 0 Å². The smallest absolute Gasteiger partial charge is 0.216 e. The average Bonchev–Trinajstić information content (AvgIpc) is 2.85. The molecule has 1 unspecified atom stereocenters. The van der Waals surface area contributed by atoms with E-state index in [4.69, 9.17) is 9.15 Å². The van der Waals surface area contributed by atoms with Gasteiger partial charge in [-0.15, -0.1) is 0 Å². The van der Waals surface area contributed by atoms with E-state index in [0.717, 1.165) is 28.7 Å². The maximum Gasteiger partial charge on any atom is 0.216 e. The van der Waals surface area contributed by atoms with E-state index < -0.39 is 0 Å². The monoisotopic (exact) mass is 277 g/mol. The Morgan fingerprint density at radius 1 is 1.40 bits per heavy atom. The Morgan fingerprint density at radius 3 is 2.65 bits per heavy atom. The largest absolute Gasteiger partial charge is 0.481 e. The van der Waals surface area contributed by atoms with Crippen LogP contribution in [0.25, 0.3) is 0 Å². The number of hydrogen-bond donors (Lipinski definition) is 1. The number of furan rings is 1. The fourth-order valence-electron chi connectivity index (χ4n) is 2.59. The van der Waals surface area contributed by atoms with Crippen molar-refractivity contribution in [3.63, 3.8) is 0 Å². The lowest BCUT2D eigenvalue weighted by Crippen LogP contribution is -2.19. The number of aryl methyl sites for hydroxylation is 4. The van der Waals surface area contributed by atoms with Gasteiger partial charge in [-0.25, -0.2) is 4.68 Å². The van der Waals surface area contributed by atoms with Crippen molar-refractivity contribution in [2.45, 2.75) is 40.3 Å². The van der Waals surface area contributed by atoms with Crippen molar-refractivity contribution in [3.8, 4) is 5.88 Å². The number of hydrogen-bond acceptors (Lipinski definition) is 4. The fourth-order valence-corrected chi connectivity index (χ4v) is 2.59. The molecule has 0 fully saturated rings. The van der Waals surface area contributed by atoms with Crippen LogP contribution in [0, 0.1) is 20.8 Å². The van der Waals surface area contributed by atoms with E-state index in [-0.39, 0.29) is 6.04 Å². The first-order chi connectivity index (χ1) is 9.43. The predicted molar refractivity (Wildman–Crippen MR) is 77.9 cm³/mol. The number of nitrogens with zero attached hydrogens (tertiary/aromatic N) is 2. The second-order valence-corrected chi connectivity index (χ2v) is 5.17. The lowest BCUT2D eigenvalue weighted by molar-refractivity contribution is 0.367. The van der Waals surface area contributed by atoms with Gasteiger partial charge in [0, 0.05) is 25.2 Å². The average molecular weight is 277 g/mol. The first-order valence-electron chi connectivity index (χ1n) is 6.80. The molecule has 2 aromatic heterocycles. The lowest BCUT2D eigenvalue weighted by Gasteiger charge is -2.13. The van der Waals surface area contributed by atoms with Crippen LogP contribution in [-0.2, 0) is 13.6 Å². The molecule has 1 N–H and O–H groups in total. The molecule has 1 atom stereocenters. The molecule has 0 saturated heterocycles. The summed E-state index contributed by atoms with van der Waals surface area (Å²) in [6, 6.07) is 2.30. The van der Waals surface area contributed by atoms with E-state index in [9.17, 15) is 0 Å². The Balaban J connectivity index is 2.11. The lowest BCUT2D eigenvalue weighted by atomic mass is 10.1. The summed E-state index contributed by atoms with van der Waals surface area (Å²) < 4.78 is 12.8. The predicted octanol–water partition coefficient (Wildman–Crippen LogP) is 2.80. The molecule has 0 aliphatic heterocycles. The zero-order chi connectivity index (χ0) is 14.9. The van der Waals surface area contributed by atoms with Gasteiger partial charge < -0.3 is 14.5 Å². The van der Waals surface area contributed by atoms with E-state index in [2.05, 4.69) is 23.4 Å². The third-order valence-corrected chi connectivity index (χ3v) is 3.61. The van der Waals surface area contributed by atoms with E-state index in [1.807, 2.05) is 27.8 Å². The van der Waals surface area contributed by atoms with Gasteiger partial charge in [0.15, 0.2) is 0 Å². The zero-order valence-corrected chi connectivity index (χ0v) is 13.1. The number of ether oxygens (including phenoxy) is 1. The highest BCUT2D eigenvalue weighted by molar-refractivity contribution is 5.31. The molecular formula is C15H23N3O2. The summed E-state index contributed by atoms with van der Waals surface area (Å²) in [6.45, 7) is 8.81. The van der Waals surface area contributed by atoms with Crippen LogP contribution < -0.4 is 10.1 Å². The van der Waals surface area contributed by atoms with Gasteiger partial charge in [0.05, 0.1) is 18.4 Å². The third-order valence-electron chi connectivity index (χ3n) is 3.61. The fraction of sp³-hybridized carbons (Fsp3) is 0.533. The number of rotatable bonds is 5. The van der Waals surface area contributed by atoms with Gasteiger partial charge in [-0.1, -0.05) is 0 Å². The molecule has 0 aromatic carbocycles. The maximum atomic E-state index is 5.58. The van der Waals surface area contributed by atoms with E-state index in [0.29, 0.717) is 6.54 Å². The van der Waals surface area contributed by atoms with Crippen LogP contribution in [0.4, 0.5) is 0 Å². The Hall–Kier alpha value is -1.75. The summed E-state index contributed by atoms with van der Waals surface area (Å²) in [5.41, 5.74) is 3.28. The molecule has 0 bridgehead atoms. The Kier molecular flexibility index (Phi) is 4.18.